The highest BCUT2D eigenvalue weighted by atomic mass is 32.2. The molecule has 0 N–H and O–H groups in total. The molecule has 0 aliphatic rings. The Balaban J connectivity index is 2.29. The average molecular weight is 277 g/mol. The minimum absolute atomic E-state index is 0.0570. The first-order chi connectivity index (χ1) is 8.38. The van der Waals surface area contributed by atoms with E-state index in [-0.39, 0.29) is 5.75 Å². The fourth-order valence-electron chi connectivity index (χ4n) is 1.30. The molecule has 0 fully saturated rings. The maximum Gasteiger partial charge on any atom is 0.406 e. The summed E-state index contributed by atoms with van der Waals surface area (Å²) in [6.07, 6.45) is -4.34. The molecule has 6 heteroatoms. The molecule has 1 aromatic carbocycles. The van der Waals surface area contributed by atoms with Crippen LogP contribution in [0, 0.1) is 0 Å². The fraction of sp³-hybridized carbons (Fsp3) is 0.417. The van der Waals surface area contributed by atoms with Crippen LogP contribution in [-0.2, 0) is 10.5 Å². The normalized spacial score (nSPS) is 11.3. The van der Waals surface area contributed by atoms with E-state index in [0.717, 1.165) is 5.56 Å². The van der Waals surface area contributed by atoms with Gasteiger partial charge in [-0.05, 0) is 5.56 Å². The Hall–Kier alpha value is -1.17. The number of carbonyl (C=O) groups excluding carboxylic acids is 1. The molecular weight excluding hydrogens is 263 g/mol. The van der Waals surface area contributed by atoms with E-state index in [9.17, 15) is 18.0 Å². The first-order valence-corrected chi connectivity index (χ1v) is 6.46. The summed E-state index contributed by atoms with van der Waals surface area (Å²) in [7, 11) is 1.17. The van der Waals surface area contributed by atoms with Gasteiger partial charge in [-0.1, -0.05) is 30.3 Å². The molecule has 0 unspecified atom stereocenters. The summed E-state index contributed by atoms with van der Waals surface area (Å²) in [5.74, 6) is 0.168. The summed E-state index contributed by atoms with van der Waals surface area (Å²) < 4.78 is 36.2. The van der Waals surface area contributed by atoms with Gasteiger partial charge in [0, 0.05) is 12.8 Å². The van der Waals surface area contributed by atoms with Crippen molar-refractivity contribution in [2.24, 2.45) is 0 Å². The predicted octanol–water partition coefficient (Wildman–Crippen LogP) is 2.94. The lowest BCUT2D eigenvalue weighted by atomic mass is 10.2. The second kappa shape index (κ2) is 6.68. The van der Waals surface area contributed by atoms with Gasteiger partial charge in [-0.25, -0.2) is 0 Å². The Morgan fingerprint density at radius 2 is 1.89 bits per heavy atom. The Labute approximate surface area is 108 Å². The molecule has 2 nitrogen and oxygen atoms in total. The number of carbonyl (C=O) groups is 1. The number of benzene rings is 1. The lowest BCUT2D eigenvalue weighted by Crippen LogP contribution is -2.36. The standard InChI is InChI=1S/C12H14F3NOS/c1-16(9-12(13,14)15)11(17)8-18-7-10-5-3-2-4-6-10/h2-6H,7-9H2,1H3. The SMILES string of the molecule is CN(CC(F)(F)F)C(=O)CSCc1ccccc1. The van der Waals surface area contributed by atoms with Crippen LogP contribution in [0.5, 0.6) is 0 Å². The van der Waals surface area contributed by atoms with Crippen molar-refractivity contribution in [1.82, 2.24) is 4.90 Å². The number of rotatable bonds is 5. The molecular formula is C12H14F3NOS. The van der Waals surface area contributed by atoms with Crippen LogP contribution < -0.4 is 0 Å². The molecule has 1 rings (SSSR count). The van der Waals surface area contributed by atoms with Gasteiger partial charge in [0.15, 0.2) is 0 Å². The third-order valence-corrected chi connectivity index (χ3v) is 3.17. The van der Waals surface area contributed by atoms with Gasteiger partial charge in [-0.3, -0.25) is 4.79 Å². The molecule has 0 radical (unpaired) electrons. The zero-order valence-electron chi connectivity index (χ0n) is 9.91. The van der Waals surface area contributed by atoms with Crippen molar-refractivity contribution in [3.63, 3.8) is 0 Å². The number of alkyl halides is 3. The topological polar surface area (TPSA) is 20.3 Å². The van der Waals surface area contributed by atoms with E-state index >= 15 is 0 Å². The number of nitrogens with zero attached hydrogens (tertiary/aromatic N) is 1. The molecule has 1 aromatic rings. The average Bonchev–Trinajstić information content (AvgIpc) is 2.28. The first-order valence-electron chi connectivity index (χ1n) is 5.31. The molecule has 0 spiro atoms. The summed E-state index contributed by atoms with van der Waals surface area (Å²) in [5.41, 5.74) is 1.05. The van der Waals surface area contributed by atoms with Crippen molar-refractivity contribution in [3.8, 4) is 0 Å². The number of hydrogen-bond donors (Lipinski definition) is 0. The quantitative estimate of drug-likeness (QED) is 0.824. The van der Waals surface area contributed by atoms with Crippen LogP contribution in [0.25, 0.3) is 0 Å². The van der Waals surface area contributed by atoms with Gasteiger partial charge in [0.2, 0.25) is 5.91 Å². The van der Waals surface area contributed by atoms with E-state index in [0.29, 0.717) is 10.7 Å². The zero-order chi connectivity index (χ0) is 13.6. The highest BCUT2D eigenvalue weighted by molar-refractivity contribution is 7.99. The molecule has 1 amide bonds. The van der Waals surface area contributed by atoms with E-state index in [1.54, 1.807) is 0 Å². The smallest absolute Gasteiger partial charge is 0.336 e. The van der Waals surface area contributed by atoms with Gasteiger partial charge in [0.1, 0.15) is 6.54 Å². The second-order valence-corrected chi connectivity index (χ2v) is 4.83. The summed E-state index contributed by atoms with van der Waals surface area (Å²) in [6, 6.07) is 9.48. The minimum Gasteiger partial charge on any atom is -0.336 e. The Bertz CT molecular complexity index is 381. The van der Waals surface area contributed by atoms with Crippen molar-refractivity contribution in [2.75, 3.05) is 19.3 Å². The minimum atomic E-state index is -4.34. The molecule has 0 bridgehead atoms. The monoisotopic (exact) mass is 277 g/mol. The Morgan fingerprint density at radius 1 is 1.28 bits per heavy atom. The van der Waals surface area contributed by atoms with Gasteiger partial charge in [0.05, 0.1) is 5.75 Å². The molecule has 0 saturated heterocycles. The molecule has 0 atom stereocenters. The maximum absolute atomic E-state index is 12.1. The van der Waals surface area contributed by atoms with Gasteiger partial charge in [-0.15, -0.1) is 11.8 Å². The predicted molar refractivity (Wildman–Crippen MR) is 66.3 cm³/mol. The van der Waals surface area contributed by atoms with Crippen LogP contribution >= 0.6 is 11.8 Å². The molecule has 100 valence electrons. The van der Waals surface area contributed by atoms with Crippen LogP contribution in [0.15, 0.2) is 30.3 Å². The van der Waals surface area contributed by atoms with Crippen LogP contribution in [0.1, 0.15) is 5.56 Å². The highest BCUT2D eigenvalue weighted by Crippen LogP contribution is 2.17. The van der Waals surface area contributed by atoms with E-state index in [4.69, 9.17) is 0 Å². The molecule has 0 aliphatic carbocycles. The van der Waals surface area contributed by atoms with Crippen LogP contribution in [0.2, 0.25) is 0 Å². The van der Waals surface area contributed by atoms with Gasteiger partial charge in [-0.2, -0.15) is 13.2 Å². The van der Waals surface area contributed by atoms with E-state index in [1.807, 2.05) is 30.3 Å². The van der Waals surface area contributed by atoms with Gasteiger partial charge < -0.3 is 4.90 Å². The number of halogens is 3. The molecule has 0 heterocycles. The van der Waals surface area contributed by atoms with Crippen molar-refractivity contribution in [2.45, 2.75) is 11.9 Å². The summed E-state index contributed by atoms with van der Waals surface area (Å²) in [5, 5.41) is 0. The lowest BCUT2D eigenvalue weighted by molar-refractivity contribution is -0.156. The van der Waals surface area contributed by atoms with E-state index < -0.39 is 18.6 Å². The fourth-order valence-corrected chi connectivity index (χ4v) is 2.22. The van der Waals surface area contributed by atoms with Gasteiger partial charge in [0.25, 0.3) is 0 Å². The first kappa shape index (κ1) is 14.9. The van der Waals surface area contributed by atoms with Crippen molar-refractivity contribution < 1.29 is 18.0 Å². The Kier molecular flexibility index (Phi) is 5.53. The summed E-state index contributed by atoms with van der Waals surface area (Å²) >= 11 is 1.31. The van der Waals surface area contributed by atoms with Crippen LogP contribution in [0.4, 0.5) is 13.2 Å². The van der Waals surface area contributed by atoms with Crippen molar-refractivity contribution in [1.29, 1.82) is 0 Å². The third-order valence-electron chi connectivity index (χ3n) is 2.18. The Morgan fingerprint density at radius 3 is 2.44 bits per heavy atom. The number of thioether (sulfide) groups is 1. The van der Waals surface area contributed by atoms with E-state index in [1.165, 1.54) is 18.8 Å². The van der Waals surface area contributed by atoms with Crippen LogP contribution in [0.3, 0.4) is 0 Å². The maximum atomic E-state index is 12.1. The van der Waals surface area contributed by atoms with E-state index in [2.05, 4.69) is 0 Å². The van der Waals surface area contributed by atoms with Gasteiger partial charge >= 0.3 is 6.18 Å². The third kappa shape index (κ3) is 5.95. The molecule has 18 heavy (non-hydrogen) atoms. The zero-order valence-corrected chi connectivity index (χ0v) is 10.7. The largest absolute Gasteiger partial charge is 0.406 e. The highest BCUT2D eigenvalue weighted by Gasteiger charge is 2.30. The molecule has 0 aliphatic heterocycles. The summed E-state index contributed by atoms with van der Waals surface area (Å²) in [6.45, 7) is -1.20. The van der Waals surface area contributed by atoms with Crippen molar-refractivity contribution in [3.05, 3.63) is 35.9 Å². The lowest BCUT2D eigenvalue weighted by Gasteiger charge is -2.18. The number of amides is 1. The van der Waals surface area contributed by atoms with Crippen molar-refractivity contribution >= 4 is 17.7 Å². The molecule has 0 aromatic heterocycles. The van der Waals surface area contributed by atoms with Crippen LogP contribution in [-0.4, -0.2) is 36.3 Å². The summed E-state index contributed by atoms with van der Waals surface area (Å²) in [4.78, 5) is 12.1. The second-order valence-electron chi connectivity index (χ2n) is 3.84. The number of hydrogen-bond acceptors (Lipinski definition) is 2. The molecule has 0 saturated carbocycles.